The van der Waals surface area contributed by atoms with E-state index in [1.807, 2.05) is 6.92 Å². The highest BCUT2D eigenvalue weighted by Crippen LogP contribution is 1.93. The Hall–Kier alpha value is -0.220. The number of ether oxygens (including phenoxy) is 2. The first-order valence-electron chi connectivity index (χ1n) is 3.25. The zero-order valence-electron chi connectivity index (χ0n) is 5.98. The minimum Gasteiger partial charge on any atom is -0.379 e. The Morgan fingerprint density at radius 2 is 1.90 bits per heavy atom. The maximum Gasteiger partial charge on any atom is 0.345 e. The summed E-state index contributed by atoms with van der Waals surface area (Å²) in [4.78, 5) is 0. The zero-order valence-corrected chi connectivity index (χ0v) is 5.98. The number of alkyl halides is 2. The molecular weight excluding hydrogens is 142 g/mol. The Kier molecular flexibility index (Phi) is 6.74. The van der Waals surface area contributed by atoms with Crippen molar-refractivity contribution >= 4 is 0 Å². The normalized spacial score (nSPS) is 10.8. The molecule has 0 N–H and O–H groups in total. The predicted octanol–water partition coefficient (Wildman–Crippen LogP) is 1.65. The minimum atomic E-state index is -2.68. The molecule has 2 nitrogen and oxygen atoms in total. The van der Waals surface area contributed by atoms with Gasteiger partial charge in [0, 0.05) is 6.61 Å². The molecule has 62 valence electrons. The molecule has 0 aromatic rings. The van der Waals surface area contributed by atoms with Crippen LogP contribution in [0.3, 0.4) is 0 Å². The van der Waals surface area contributed by atoms with Gasteiger partial charge in [-0.05, 0) is 6.42 Å². The Labute approximate surface area is 59.1 Å². The van der Waals surface area contributed by atoms with Crippen molar-refractivity contribution < 1.29 is 18.3 Å². The van der Waals surface area contributed by atoms with Gasteiger partial charge >= 0.3 is 6.61 Å². The lowest BCUT2D eigenvalue weighted by Gasteiger charge is -2.02. The van der Waals surface area contributed by atoms with Gasteiger partial charge in [0.2, 0.25) is 0 Å². The van der Waals surface area contributed by atoms with Gasteiger partial charge in [0.1, 0.15) is 0 Å². The third-order valence-corrected chi connectivity index (χ3v) is 0.820. The molecule has 0 saturated heterocycles. The summed E-state index contributed by atoms with van der Waals surface area (Å²) in [6.07, 6.45) is 0.897. The molecule has 0 rings (SSSR count). The summed E-state index contributed by atoms with van der Waals surface area (Å²) in [6.45, 7) is 0.0985. The smallest absolute Gasteiger partial charge is 0.345 e. The van der Waals surface area contributed by atoms with E-state index in [2.05, 4.69) is 4.74 Å². The number of halogens is 2. The first-order valence-corrected chi connectivity index (χ1v) is 3.25. The molecule has 0 aromatic carbocycles. The van der Waals surface area contributed by atoms with Crippen LogP contribution in [0.2, 0.25) is 0 Å². The summed E-state index contributed by atoms with van der Waals surface area (Å²) in [5.74, 6) is 0. The third kappa shape index (κ3) is 7.78. The van der Waals surface area contributed by atoms with Crippen LogP contribution in [0.1, 0.15) is 13.3 Å². The number of hydrogen-bond donors (Lipinski definition) is 0. The monoisotopic (exact) mass is 154 g/mol. The molecule has 0 unspecified atom stereocenters. The molecule has 0 fully saturated rings. The highest BCUT2D eigenvalue weighted by atomic mass is 19.3. The van der Waals surface area contributed by atoms with E-state index in [9.17, 15) is 8.78 Å². The summed E-state index contributed by atoms with van der Waals surface area (Å²) < 4.78 is 31.3. The van der Waals surface area contributed by atoms with Crippen LogP contribution >= 0.6 is 0 Å². The van der Waals surface area contributed by atoms with E-state index >= 15 is 0 Å². The second-order valence-corrected chi connectivity index (χ2v) is 1.74. The topological polar surface area (TPSA) is 18.5 Å². The van der Waals surface area contributed by atoms with Gasteiger partial charge in [0.15, 0.2) is 0 Å². The van der Waals surface area contributed by atoms with Crippen LogP contribution in [0, 0.1) is 0 Å². The minimum absolute atomic E-state index is 0.0301. The van der Waals surface area contributed by atoms with Gasteiger partial charge < -0.3 is 9.47 Å². The van der Waals surface area contributed by atoms with Crippen molar-refractivity contribution in [3.8, 4) is 0 Å². The fourth-order valence-corrected chi connectivity index (χ4v) is 0.443. The van der Waals surface area contributed by atoms with Crippen molar-refractivity contribution in [3.63, 3.8) is 0 Å². The van der Waals surface area contributed by atoms with Crippen molar-refractivity contribution in [1.29, 1.82) is 0 Å². The summed E-state index contributed by atoms with van der Waals surface area (Å²) in [5.41, 5.74) is 0. The Morgan fingerprint density at radius 3 is 2.40 bits per heavy atom. The fourth-order valence-electron chi connectivity index (χ4n) is 0.443. The van der Waals surface area contributed by atoms with Crippen molar-refractivity contribution in [1.82, 2.24) is 0 Å². The van der Waals surface area contributed by atoms with E-state index in [1.165, 1.54) is 0 Å². The van der Waals surface area contributed by atoms with E-state index in [0.717, 1.165) is 6.42 Å². The number of rotatable bonds is 6. The maximum atomic E-state index is 11.3. The lowest BCUT2D eigenvalue weighted by Crippen LogP contribution is -2.07. The van der Waals surface area contributed by atoms with E-state index < -0.39 is 6.61 Å². The Morgan fingerprint density at radius 1 is 1.20 bits per heavy atom. The average Bonchev–Trinajstić information content (AvgIpc) is 1.87. The molecule has 0 aliphatic heterocycles. The van der Waals surface area contributed by atoms with Crippen LogP contribution in [0.5, 0.6) is 0 Å². The quantitative estimate of drug-likeness (QED) is 0.541. The molecule has 0 atom stereocenters. The van der Waals surface area contributed by atoms with E-state index in [4.69, 9.17) is 4.74 Å². The number of hydrogen-bond acceptors (Lipinski definition) is 2. The van der Waals surface area contributed by atoms with Crippen molar-refractivity contribution in [3.05, 3.63) is 0 Å². The molecular formula is C6H12F2O2. The molecule has 0 aromatic heterocycles. The lowest BCUT2D eigenvalue weighted by molar-refractivity contribution is -0.139. The van der Waals surface area contributed by atoms with Crippen molar-refractivity contribution in [2.75, 3.05) is 19.8 Å². The van der Waals surface area contributed by atoms with Gasteiger partial charge in [-0.15, -0.1) is 0 Å². The average molecular weight is 154 g/mol. The summed E-state index contributed by atoms with van der Waals surface area (Å²) >= 11 is 0. The highest BCUT2D eigenvalue weighted by Gasteiger charge is 1.99. The predicted molar refractivity (Wildman–Crippen MR) is 33.1 cm³/mol. The summed E-state index contributed by atoms with van der Waals surface area (Å²) in [5, 5.41) is 0. The molecule has 0 aliphatic carbocycles. The Bertz CT molecular complexity index is 68.8. The van der Waals surface area contributed by atoms with E-state index in [1.54, 1.807) is 0 Å². The van der Waals surface area contributed by atoms with Gasteiger partial charge in [0.05, 0.1) is 13.2 Å². The Balaban J connectivity index is 2.77. The van der Waals surface area contributed by atoms with Gasteiger partial charge in [-0.25, -0.2) is 0 Å². The van der Waals surface area contributed by atoms with Crippen LogP contribution in [0.15, 0.2) is 0 Å². The van der Waals surface area contributed by atoms with Gasteiger partial charge in [-0.2, -0.15) is 8.78 Å². The van der Waals surface area contributed by atoms with E-state index in [-0.39, 0.29) is 13.2 Å². The van der Waals surface area contributed by atoms with E-state index in [0.29, 0.717) is 6.61 Å². The standard InChI is InChI=1S/C6H12F2O2/c1-2-3-9-4-5-10-6(7)8/h6H,2-5H2,1H3. The van der Waals surface area contributed by atoms with Crippen molar-refractivity contribution in [2.45, 2.75) is 20.0 Å². The largest absolute Gasteiger partial charge is 0.379 e. The van der Waals surface area contributed by atoms with Crippen LogP contribution in [0.4, 0.5) is 8.78 Å². The second kappa shape index (κ2) is 6.89. The van der Waals surface area contributed by atoms with Crippen LogP contribution in [-0.2, 0) is 9.47 Å². The molecule has 0 saturated carbocycles. The van der Waals surface area contributed by atoms with Crippen LogP contribution in [0.25, 0.3) is 0 Å². The summed E-state index contributed by atoms with van der Waals surface area (Å²) in [7, 11) is 0. The van der Waals surface area contributed by atoms with Crippen LogP contribution in [-0.4, -0.2) is 26.4 Å². The molecule has 0 heterocycles. The molecule has 0 aliphatic rings. The summed E-state index contributed by atoms with van der Waals surface area (Å²) in [6, 6.07) is 0. The molecule has 0 bridgehead atoms. The zero-order chi connectivity index (χ0) is 7.82. The molecule has 4 heteroatoms. The highest BCUT2D eigenvalue weighted by molar-refractivity contribution is 4.28. The fraction of sp³-hybridized carbons (Fsp3) is 1.00. The second-order valence-electron chi connectivity index (χ2n) is 1.74. The maximum absolute atomic E-state index is 11.3. The first-order chi connectivity index (χ1) is 4.77. The first kappa shape index (κ1) is 9.78. The van der Waals surface area contributed by atoms with Gasteiger partial charge in [-0.3, -0.25) is 0 Å². The third-order valence-electron chi connectivity index (χ3n) is 0.820. The SMILES string of the molecule is CCCOCCOC(F)F. The molecule has 0 radical (unpaired) electrons. The van der Waals surface area contributed by atoms with Crippen LogP contribution < -0.4 is 0 Å². The molecule has 10 heavy (non-hydrogen) atoms. The van der Waals surface area contributed by atoms with Gasteiger partial charge in [-0.1, -0.05) is 6.92 Å². The molecule has 0 spiro atoms. The van der Waals surface area contributed by atoms with Gasteiger partial charge in [0.25, 0.3) is 0 Å². The lowest BCUT2D eigenvalue weighted by atomic mass is 10.5. The van der Waals surface area contributed by atoms with Crippen molar-refractivity contribution in [2.24, 2.45) is 0 Å². The molecule has 0 amide bonds.